The molecule has 0 saturated heterocycles. The molecule has 5 nitrogen and oxygen atoms in total. The number of rotatable bonds is 9. The third-order valence-electron chi connectivity index (χ3n) is 4.75. The number of aromatic nitrogens is 2. The van der Waals surface area contributed by atoms with E-state index in [9.17, 15) is 9.90 Å². The number of nitrogens with zero attached hydrogens (tertiary/aromatic N) is 2. The second-order valence-corrected chi connectivity index (χ2v) is 15.0. The summed E-state index contributed by atoms with van der Waals surface area (Å²) in [4.78, 5) is 12.5. The minimum absolute atomic E-state index is 0.261. The lowest BCUT2D eigenvalue weighted by atomic mass is 10.1. The molecular formula is C22H28N2O3SSi. The largest absolute Gasteiger partial charge is 0.478 e. The number of hydrogen-bond acceptors (Lipinski definition) is 4. The van der Waals surface area contributed by atoms with Crippen LogP contribution in [0.4, 0.5) is 0 Å². The van der Waals surface area contributed by atoms with E-state index < -0.39 is 14.0 Å². The Morgan fingerprint density at radius 1 is 1.21 bits per heavy atom. The highest BCUT2D eigenvalue weighted by atomic mass is 32.2. The Labute approximate surface area is 177 Å². The van der Waals surface area contributed by atoms with Crippen LogP contribution in [0.3, 0.4) is 0 Å². The zero-order chi connectivity index (χ0) is 21.0. The van der Waals surface area contributed by atoms with E-state index in [1.54, 1.807) is 23.9 Å². The fourth-order valence-electron chi connectivity index (χ4n) is 3.01. The van der Waals surface area contributed by atoms with Crippen LogP contribution in [0.1, 0.15) is 21.6 Å². The summed E-state index contributed by atoms with van der Waals surface area (Å²) in [5.74, 6) is -0.164. The van der Waals surface area contributed by atoms with Gasteiger partial charge < -0.3 is 9.84 Å². The number of hydrogen-bond donors (Lipinski definition) is 1. The number of fused-ring (bicyclic) bond motifs is 1. The highest BCUT2D eigenvalue weighted by Gasteiger charge is 2.17. The van der Waals surface area contributed by atoms with Gasteiger partial charge in [0.15, 0.2) is 0 Å². The number of aryl methyl sites for hydroxylation is 1. The standard InChI is InChI=1S/C22H28N2O3SSi/c1-16-21-19(23-24(16)15-27-10-11-29(2,3)4)12-18(22(25)26)13-20(21)28-14-17-8-6-5-7-9-17/h5-9,12-13H,10-11,14-15H2,1-4H3,(H,25,26). The number of ether oxygens (including phenoxy) is 1. The van der Waals surface area contributed by atoms with Crippen LogP contribution in [-0.2, 0) is 17.2 Å². The van der Waals surface area contributed by atoms with Crippen molar-refractivity contribution >= 4 is 36.7 Å². The van der Waals surface area contributed by atoms with Crippen molar-refractivity contribution in [3.8, 4) is 0 Å². The summed E-state index contributed by atoms with van der Waals surface area (Å²) in [6.07, 6.45) is 0. The van der Waals surface area contributed by atoms with Crippen molar-refractivity contribution in [2.24, 2.45) is 0 Å². The number of carboxylic acid groups (broad SMARTS) is 1. The molecule has 0 amide bonds. The van der Waals surface area contributed by atoms with Crippen LogP contribution in [0, 0.1) is 6.92 Å². The molecule has 0 aliphatic carbocycles. The Balaban J connectivity index is 1.86. The molecule has 3 aromatic rings. The maximum atomic E-state index is 11.6. The maximum Gasteiger partial charge on any atom is 0.335 e. The first kappa shape index (κ1) is 21.6. The van der Waals surface area contributed by atoms with Crippen LogP contribution in [0.2, 0.25) is 25.7 Å². The Kier molecular flexibility index (Phi) is 6.82. The van der Waals surface area contributed by atoms with Gasteiger partial charge in [0.2, 0.25) is 0 Å². The van der Waals surface area contributed by atoms with E-state index in [1.165, 1.54) is 5.56 Å². The van der Waals surface area contributed by atoms with Gasteiger partial charge in [0, 0.05) is 36.4 Å². The summed E-state index contributed by atoms with van der Waals surface area (Å²) in [6.45, 7) is 10.1. The third kappa shape index (κ3) is 5.71. The van der Waals surface area contributed by atoms with Crippen LogP contribution in [0.5, 0.6) is 0 Å². The molecule has 0 radical (unpaired) electrons. The van der Waals surface area contributed by atoms with Crippen LogP contribution in [0.25, 0.3) is 10.9 Å². The van der Waals surface area contributed by atoms with Crippen molar-refractivity contribution in [2.75, 3.05) is 6.61 Å². The molecule has 29 heavy (non-hydrogen) atoms. The van der Waals surface area contributed by atoms with Crippen molar-refractivity contribution in [2.45, 2.75) is 50.0 Å². The highest BCUT2D eigenvalue weighted by molar-refractivity contribution is 7.98. The second-order valence-electron chi connectivity index (χ2n) is 8.38. The van der Waals surface area contributed by atoms with Gasteiger partial charge in [-0.1, -0.05) is 50.0 Å². The Bertz CT molecular complexity index is 997. The van der Waals surface area contributed by atoms with Gasteiger partial charge in [-0.2, -0.15) is 5.10 Å². The van der Waals surface area contributed by atoms with Crippen molar-refractivity contribution in [1.29, 1.82) is 0 Å². The molecule has 0 fully saturated rings. The quantitative estimate of drug-likeness (QED) is 0.271. The summed E-state index contributed by atoms with van der Waals surface area (Å²) < 4.78 is 7.71. The third-order valence-corrected chi connectivity index (χ3v) is 7.57. The Morgan fingerprint density at radius 2 is 1.93 bits per heavy atom. The summed E-state index contributed by atoms with van der Waals surface area (Å²) in [7, 11) is -1.14. The van der Waals surface area contributed by atoms with E-state index in [4.69, 9.17) is 4.74 Å². The average molecular weight is 429 g/mol. The van der Waals surface area contributed by atoms with E-state index in [0.29, 0.717) is 12.2 Å². The van der Waals surface area contributed by atoms with Crippen LogP contribution < -0.4 is 0 Å². The van der Waals surface area contributed by atoms with Crippen LogP contribution in [-0.4, -0.2) is 35.5 Å². The fraction of sp³-hybridized carbons (Fsp3) is 0.364. The van der Waals surface area contributed by atoms with E-state index in [1.807, 2.05) is 29.8 Å². The molecule has 7 heteroatoms. The average Bonchev–Trinajstić information content (AvgIpc) is 2.99. The van der Waals surface area contributed by atoms with Crippen molar-refractivity contribution in [1.82, 2.24) is 9.78 Å². The normalized spacial score (nSPS) is 11.9. The number of aromatic carboxylic acids is 1. The molecular weight excluding hydrogens is 400 g/mol. The Hall–Kier alpha value is -2.09. The van der Waals surface area contributed by atoms with Gasteiger partial charge in [0.25, 0.3) is 0 Å². The molecule has 1 aromatic heterocycles. The molecule has 0 aliphatic rings. The van der Waals surface area contributed by atoms with Crippen molar-refractivity contribution in [3.63, 3.8) is 0 Å². The number of carboxylic acids is 1. The maximum absolute atomic E-state index is 11.6. The van der Waals surface area contributed by atoms with Gasteiger partial charge in [0.05, 0.1) is 11.1 Å². The van der Waals surface area contributed by atoms with Crippen LogP contribution in [0.15, 0.2) is 47.4 Å². The van der Waals surface area contributed by atoms with E-state index in [0.717, 1.165) is 34.4 Å². The lowest BCUT2D eigenvalue weighted by Gasteiger charge is -2.15. The molecule has 1 heterocycles. The van der Waals surface area contributed by atoms with Gasteiger partial charge >= 0.3 is 5.97 Å². The number of thioether (sulfide) groups is 1. The zero-order valence-corrected chi connectivity index (χ0v) is 19.3. The molecule has 0 bridgehead atoms. The van der Waals surface area contributed by atoms with E-state index in [2.05, 4.69) is 36.9 Å². The summed E-state index contributed by atoms with van der Waals surface area (Å²) in [6, 6.07) is 14.7. The van der Waals surface area contributed by atoms with Crippen LogP contribution >= 0.6 is 11.8 Å². The summed E-state index contributed by atoms with van der Waals surface area (Å²) in [5.41, 5.74) is 3.16. The van der Waals surface area contributed by atoms with Gasteiger partial charge in [-0.3, -0.25) is 0 Å². The topological polar surface area (TPSA) is 64.3 Å². The number of carbonyl (C=O) groups is 1. The fourth-order valence-corrected chi connectivity index (χ4v) is 4.88. The molecule has 0 atom stereocenters. The minimum Gasteiger partial charge on any atom is -0.478 e. The Morgan fingerprint density at radius 3 is 2.59 bits per heavy atom. The molecule has 0 saturated carbocycles. The predicted molar refractivity (Wildman–Crippen MR) is 122 cm³/mol. The molecule has 0 unspecified atom stereocenters. The predicted octanol–water partition coefficient (Wildman–Crippen LogP) is 5.65. The monoisotopic (exact) mass is 428 g/mol. The van der Waals surface area contributed by atoms with E-state index >= 15 is 0 Å². The van der Waals surface area contributed by atoms with Gasteiger partial charge in [-0.05, 0) is 30.7 Å². The summed E-state index contributed by atoms with van der Waals surface area (Å²) >= 11 is 1.64. The zero-order valence-electron chi connectivity index (χ0n) is 17.4. The lowest BCUT2D eigenvalue weighted by Crippen LogP contribution is -2.22. The highest BCUT2D eigenvalue weighted by Crippen LogP contribution is 2.33. The lowest BCUT2D eigenvalue weighted by molar-refractivity contribution is 0.0696. The first-order chi connectivity index (χ1) is 13.7. The first-order valence-corrected chi connectivity index (χ1v) is 14.4. The molecule has 1 N–H and O–H groups in total. The SMILES string of the molecule is Cc1c2c(SCc3ccccc3)cc(C(=O)O)cc2nn1COCC[Si](C)(C)C. The van der Waals surface area contributed by atoms with E-state index in [-0.39, 0.29) is 5.56 Å². The van der Waals surface area contributed by atoms with Crippen molar-refractivity contribution < 1.29 is 14.6 Å². The van der Waals surface area contributed by atoms with Gasteiger partial charge in [0.1, 0.15) is 6.73 Å². The first-order valence-electron chi connectivity index (χ1n) is 9.73. The van der Waals surface area contributed by atoms with Gasteiger partial charge in [-0.25, -0.2) is 9.48 Å². The molecule has 0 spiro atoms. The molecule has 0 aliphatic heterocycles. The molecule has 2 aromatic carbocycles. The molecule has 3 rings (SSSR count). The summed E-state index contributed by atoms with van der Waals surface area (Å²) in [5, 5.41) is 15.2. The minimum atomic E-state index is -1.14. The second kappa shape index (κ2) is 9.15. The smallest absolute Gasteiger partial charge is 0.335 e. The number of benzene rings is 2. The molecule has 154 valence electrons. The van der Waals surface area contributed by atoms with Crippen molar-refractivity contribution in [3.05, 3.63) is 59.3 Å². The van der Waals surface area contributed by atoms with Gasteiger partial charge in [-0.15, -0.1) is 11.8 Å².